The van der Waals surface area contributed by atoms with Gasteiger partial charge in [0, 0.05) is 24.8 Å². The third-order valence-corrected chi connectivity index (χ3v) is 4.13. The number of aromatic nitrogens is 5. The van der Waals surface area contributed by atoms with Gasteiger partial charge >= 0.3 is 0 Å². The van der Waals surface area contributed by atoms with Crippen LogP contribution in [0.4, 0.5) is 0 Å². The van der Waals surface area contributed by atoms with E-state index in [1.807, 2.05) is 43.5 Å². The van der Waals surface area contributed by atoms with E-state index >= 15 is 0 Å². The van der Waals surface area contributed by atoms with Gasteiger partial charge in [-0.2, -0.15) is 0 Å². The lowest BCUT2D eigenvalue weighted by molar-refractivity contribution is 0.0943. The normalized spacial score (nSPS) is 12.0. The fourth-order valence-electron chi connectivity index (χ4n) is 2.84. The van der Waals surface area contributed by atoms with E-state index < -0.39 is 6.04 Å². The molecule has 0 radical (unpaired) electrons. The summed E-state index contributed by atoms with van der Waals surface area (Å²) in [7, 11) is 0. The molecule has 1 N–H and O–H groups in total. The molecule has 1 unspecified atom stereocenters. The summed E-state index contributed by atoms with van der Waals surface area (Å²) in [5, 5.41) is 11.2. The lowest BCUT2D eigenvalue weighted by atomic mass is 10.0. The zero-order valence-corrected chi connectivity index (χ0v) is 14.1. The molecule has 0 aliphatic carbocycles. The van der Waals surface area contributed by atoms with Crippen molar-refractivity contribution in [2.75, 3.05) is 0 Å². The zero-order chi connectivity index (χ0) is 17.9. The van der Waals surface area contributed by atoms with E-state index in [-0.39, 0.29) is 5.91 Å². The van der Waals surface area contributed by atoms with Crippen LogP contribution < -0.4 is 5.32 Å². The second kappa shape index (κ2) is 6.72. The second-order valence-electron chi connectivity index (χ2n) is 5.81. The molecule has 26 heavy (non-hydrogen) atoms. The van der Waals surface area contributed by atoms with Crippen LogP contribution in [0.25, 0.3) is 5.65 Å². The Hall–Kier alpha value is -3.61. The SMILES string of the molecule is Cc1nnc2c(C(=O)NC(c3cccnc3)c3ccccn3)cccn12. The van der Waals surface area contributed by atoms with Gasteiger partial charge in [0.15, 0.2) is 5.65 Å². The molecule has 0 bridgehead atoms. The molecule has 4 heterocycles. The average Bonchev–Trinajstić information content (AvgIpc) is 3.08. The first-order valence-corrected chi connectivity index (χ1v) is 8.16. The van der Waals surface area contributed by atoms with Crippen molar-refractivity contribution >= 4 is 11.6 Å². The number of amides is 1. The number of carbonyl (C=O) groups excluding carboxylic acids is 1. The third-order valence-electron chi connectivity index (χ3n) is 4.13. The fraction of sp³-hybridized carbons (Fsp3) is 0.105. The Balaban J connectivity index is 1.72. The second-order valence-corrected chi connectivity index (χ2v) is 5.81. The molecule has 7 nitrogen and oxygen atoms in total. The molecule has 0 saturated heterocycles. The first kappa shape index (κ1) is 15.9. The summed E-state index contributed by atoms with van der Waals surface area (Å²) in [4.78, 5) is 21.5. The molecule has 1 atom stereocenters. The Kier molecular flexibility index (Phi) is 4.10. The monoisotopic (exact) mass is 344 g/mol. The first-order valence-electron chi connectivity index (χ1n) is 8.16. The number of rotatable bonds is 4. The highest BCUT2D eigenvalue weighted by atomic mass is 16.1. The van der Waals surface area contributed by atoms with Crippen molar-refractivity contribution in [3.05, 3.63) is 89.9 Å². The zero-order valence-electron chi connectivity index (χ0n) is 14.1. The van der Waals surface area contributed by atoms with Gasteiger partial charge in [-0.3, -0.25) is 19.2 Å². The van der Waals surface area contributed by atoms with Gasteiger partial charge in [-0.25, -0.2) is 0 Å². The highest BCUT2D eigenvalue weighted by Crippen LogP contribution is 2.20. The lowest BCUT2D eigenvalue weighted by Gasteiger charge is -2.18. The molecule has 7 heteroatoms. The van der Waals surface area contributed by atoms with Crippen molar-refractivity contribution < 1.29 is 4.79 Å². The Morgan fingerprint density at radius 1 is 1.08 bits per heavy atom. The van der Waals surface area contributed by atoms with Crippen LogP contribution in [0.15, 0.2) is 67.3 Å². The summed E-state index contributed by atoms with van der Waals surface area (Å²) in [5.41, 5.74) is 2.56. The summed E-state index contributed by atoms with van der Waals surface area (Å²) < 4.78 is 1.79. The maximum atomic E-state index is 13.0. The summed E-state index contributed by atoms with van der Waals surface area (Å²) in [6, 6.07) is 12.5. The summed E-state index contributed by atoms with van der Waals surface area (Å²) in [6.45, 7) is 1.84. The van der Waals surface area contributed by atoms with E-state index in [1.54, 1.807) is 35.1 Å². The van der Waals surface area contributed by atoms with Gasteiger partial charge in [0.05, 0.1) is 17.3 Å². The maximum Gasteiger partial charge on any atom is 0.255 e. The maximum absolute atomic E-state index is 13.0. The highest BCUT2D eigenvalue weighted by molar-refractivity contribution is 6.00. The summed E-state index contributed by atoms with van der Waals surface area (Å²) in [5.74, 6) is 0.477. The van der Waals surface area contributed by atoms with E-state index in [0.717, 1.165) is 17.1 Å². The molecular formula is C19H16N6O. The highest BCUT2D eigenvalue weighted by Gasteiger charge is 2.21. The van der Waals surface area contributed by atoms with Gasteiger partial charge in [0.25, 0.3) is 5.91 Å². The predicted molar refractivity (Wildman–Crippen MR) is 95.5 cm³/mol. The Morgan fingerprint density at radius 3 is 2.77 bits per heavy atom. The van der Waals surface area contributed by atoms with Crippen molar-refractivity contribution in [1.82, 2.24) is 29.9 Å². The van der Waals surface area contributed by atoms with Gasteiger partial charge in [-0.15, -0.1) is 10.2 Å². The average molecular weight is 344 g/mol. The first-order chi connectivity index (χ1) is 12.7. The van der Waals surface area contributed by atoms with Crippen LogP contribution in [0.5, 0.6) is 0 Å². The predicted octanol–water partition coefficient (Wildman–Crippen LogP) is 2.35. The van der Waals surface area contributed by atoms with Crippen molar-refractivity contribution in [3.8, 4) is 0 Å². The molecule has 4 rings (SSSR count). The Morgan fingerprint density at radius 2 is 2.00 bits per heavy atom. The standard InChI is InChI=1S/C19H16N6O/c1-13-23-24-18-15(7-5-11-25(13)18)19(26)22-17(14-6-4-9-20-12-14)16-8-2-3-10-21-16/h2-12,17H,1H3,(H,22,26). The number of hydrogen-bond acceptors (Lipinski definition) is 5. The van der Waals surface area contributed by atoms with Gasteiger partial charge in [0.1, 0.15) is 5.82 Å². The molecule has 0 aliphatic rings. The third kappa shape index (κ3) is 2.90. The van der Waals surface area contributed by atoms with Crippen molar-refractivity contribution in [1.29, 1.82) is 0 Å². The van der Waals surface area contributed by atoms with Crippen LogP contribution in [-0.4, -0.2) is 30.5 Å². The van der Waals surface area contributed by atoms with Crippen LogP contribution in [0, 0.1) is 6.92 Å². The number of aryl methyl sites for hydroxylation is 1. The van der Waals surface area contributed by atoms with Crippen LogP contribution >= 0.6 is 0 Å². The van der Waals surface area contributed by atoms with Crippen molar-refractivity contribution in [2.45, 2.75) is 13.0 Å². The number of pyridine rings is 3. The van der Waals surface area contributed by atoms with E-state index in [9.17, 15) is 4.79 Å². The Labute approximate surface area is 149 Å². The number of fused-ring (bicyclic) bond motifs is 1. The molecule has 0 aliphatic heterocycles. The van der Waals surface area contributed by atoms with Crippen LogP contribution in [0.1, 0.15) is 33.5 Å². The summed E-state index contributed by atoms with van der Waals surface area (Å²) in [6.07, 6.45) is 6.95. The van der Waals surface area contributed by atoms with Gasteiger partial charge in [-0.1, -0.05) is 12.1 Å². The number of carbonyl (C=O) groups is 1. The smallest absolute Gasteiger partial charge is 0.255 e. The number of nitrogens with zero attached hydrogens (tertiary/aromatic N) is 5. The minimum Gasteiger partial charge on any atom is -0.339 e. The minimum atomic E-state index is -0.415. The van der Waals surface area contributed by atoms with E-state index in [1.165, 1.54) is 0 Å². The quantitative estimate of drug-likeness (QED) is 0.614. The molecule has 1 amide bonds. The van der Waals surface area contributed by atoms with Crippen LogP contribution in [0.2, 0.25) is 0 Å². The number of nitrogens with one attached hydrogen (secondary N) is 1. The molecule has 0 saturated carbocycles. The molecule has 0 fully saturated rings. The van der Waals surface area contributed by atoms with Gasteiger partial charge in [-0.05, 0) is 42.8 Å². The lowest BCUT2D eigenvalue weighted by Crippen LogP contribution is -2.30. The van der Waals surface area contributed by atoms with Crippen molar-refractivity contribution in [3.63, 3.8) is 0 Å². The van der Waals surface area contributed by atoms with E-state index in [4.69, 9.17) is 0 Å². The molecule has 4 aromatic rings. The van der Waals surface area contributed by atoms with E-state index in [0.29, 0.717) is 11.2 Å². The molecule has 0 aromatic carbocycles. The molecular weight excluding hydrogens is 328 g/mol. The van der Waals surface area contributed by atoms with Crippen LogP contribution in [-0.2, 0) is 0 Å². The van der Waals surface area contributed by atoms with Crippen molar-refractivity contribution in [2.24, 2.45) is 0 Å². The molecule has 4 aromatic heterocycles. The number of hydrogen-bond donors (Lipinski definition) is 1. The molecule has 0 spiro atoms. The van der Waals surface area contributed by atoms with Gasteiger partial charge < -0.3 is 5.32 Å². The molecule has 128 valence electrons. The minimum absolute atomic E-state index is 0.248. The fourth-order valence-corrected chi connectivity index (χ4v) is 2.84. The topological polar surface area (TPSA) is 85.1 Å². The summed E-state index contributed by atoms with van der Waals surface area (Å²) >= 11 is 0. The largest absolute Gasteiger partial charge is 0.339 e. The van der Waals surface area contributed by atoms with E-state index in [2.05, 4.69) is 25.5 Å². The van der Waals surface area contributed by atoms with Gasteiger partial charge in [0.2, 0.25) is 0 Å². The van der Waals surface area contributed by atoms with Crippen LogP contribution in [0.3, 0.4) is 0 Å². The Bertz CT molecular complexity index is 1010.